The monoisotopic (exact) mass is 368 g/mol. The van der Waals surface area contributed by atoms with Crippen molar-refractivity contribution in [3.05, 3.63) is 48.0 Å². The molecule has 146 valence electrons. The van der Waals surface area contributed by atoms with Crippen LogP contribution in [0.15, 0.2) is 47.5 Å². The van der Waals surface area contributed by atoms with Crippen LogP contribution in [-0.2, 0) is 11.2 Å². The molecule has 1 aliphatic heterocycles. The molecule has 0 unspecified atom stereocenters. The van der Waals surface area contributed by atoms with E-state index < -0.39 is 0 Å². The summed E-state index contributed by atoms with van der Waals surface area (Å²) in [6.45, 7) is 9.87. The Kier molecular flexibility index (Phi) is 6.69. The third-order valence-corrected chi connectivity index (χ3v) is 5.30. The molecule has 2 aromatic carbocycles. The Labute approximate surface area is 162 Å². The summed E-state index contributed by atoms with van der Waals surface area (Å²) < 4.78 is 5.47. The van der Waals surface area contributed by atoms with E-state index in [1.165, 1.54) is 16.3 Å². The lowest BCUT2D eigenvalue weighted by Gasteiger charge is -2.41. The van der Waals surface area contributed by atoms with E-state index in [4.69, 9.17) is 4.74 Å². The van der Waals surface area contributed by atoms with E-state index >= 15 is 0 Å². The molecule has 3 rings (SSSR count). The topological polar surface area (TPSA) is 48.9 Å². The number of fused-ring (bicyclic) bond motifs is 1. The fraction of sp³-hybridized carbons (Fsp3) is 0.500. The first kappa shape index (κ1) is 19.6. The molecule has 1 fully saturated rings. The number of hydrogen-bond donors (Lipinski definition) is 2. The molecular weight excluding hydrogens is 336 g/mol. The van der Waals surface area contributed by atoms with Gasteiger partial charge in [0.05, 0.1) is 13.2 Å². The third-order valence-electron chi connectivity index (χ3n) is 5.30. The van der Waals surface area contributed by atoms with Gasteiger partial charge in [-0.05, 0) is 36.6 Å². The number of ether oxygens (including phenoxy) is 1. The summed E-state index contributed by atoms with van der Waals surface area (Å²) in [5.41, 5.74) is 1.41. The predicted molar refractivity (Wildman–Crippen MR) is 113 cm³/mol. The average Bonchev–Trinajstić information content (AvgIpc) is 2.71. The molecule has 27 heavy (non-hydrogen) atoms. The first-order chi connectivity index (χ1) is 13.1. The maximum Gasteiger partial charge on any atom is 0.191 e. The van der Waals surface area contributed by atoms with Crippen LogP contribution < -0.4 is 10.6 Å². The van der Waals surface area contributed by atoms with E-state index in [1.54, 1.807) is 0 Å². The first-order valence-corrected chi connectivity index (χ1v) is 9.83. The maximum atomic E-state index is 5.47. The molecular formula is C22H32N4O. The molecule has 0 spiro atoms. The molecule has 0 radical (unpaired) electrons. The summed E-state index contributed by atoms with van der Waals surface area (Å²) in [7, 11) is 1.83. The van der Waals surface area contributed by atoms with Crippen molar-refractivity contribution < 1.29 is 4.74 Å². The molecule has 0 saturated carbocycles. The van der Waals surface area contributed by atoms with Crippen molar-refractivity contribution in [2.45, 2.75) is 25.8 Å². The Balaban J connectivity index is 1.47. The van der Waals surface area contributed by atoms with Crippen LogP contribution in [0.4, 0.5) is 0 Å². The summed E-state index contributed by atoms with van der Waals surface area (Å²) in [4.78, 5) is 6.85. The molecule has 1 aliphatic rings. The molecule has 0 aromatic heterocycles. The quantitative estimate of drug-likeness (QED) is 0.608. The number of nitrogens with one attached hydrogen (secondary N) is 2. The van der Waals surface area contributed by atoms with Crippen molar-refractivity contribution in [2.24, 2.45) is 4.99 Å². The molecule has 1 heterocycles. The van der Waals surface area contributed by atoms with Crippen LogP contribution in [0.5, 0.6) is 0 Å². The van der Waals surface area contributed by atoms with E-state index in [2.05, 4.69) is 76.8 Å². The van der Waals surface area contributed by atoms with E-state index in [0.29, 0.717) is 0 Å². The largest absolute Gasteiger partial charge is 0.379 e. The second-order valence-electron chi connectivity index (χ2n) is 7.70. The molecule has 5 heteroatoms. The van der Waals surface area contributed by atoms with Crippen molar-refractivity contribution in [3.63, 3.8) is 0 Å². The molecule has 1 saturated heterocycles. The number of morpholine rings is 1. The highest BCUT2D eigenvalue weighted by atomic mass is 16.5. The van der Waals surface area contributed by atoms with Gasteiger partial charge in [0, 0.05) is 38.8 Å². The predicted octanol–water partition coefficient (Wildman–Crippen LogP) is 2.66. The fourth-order valence-corrected chi connectivity index (χ4v) is 3.52. The number of rotatable bonds is 6. The van der Waals surface area contributed by atoms with Gasteiger partial charge < -0.3 is 15.4 Å². The van der Waals surface area contributed by atoms with Crippen LogP contribution >= 0.6 is 0 Å². The van der Waals surface area contributed by atoms with Crippen LogP contribution in [0.3, 0.4) is 0 Å². The van der Waals surface area contributed by atoms with Crippen LogP contribution in [0.1, 0.15) is 19.4 Å². The van der Waals surface area contributed by atoms with Crippen molar-refractivity contribution in [1.29, 1.82) is 0 Å². The lowest BCUT2D eigenvalue weighted by molar-refractivity contribution is -0.00833. The van der Waals surface area contributed by atoms with Gasteiger partial charge >= 0.3 is 0 Å². The van der Waals surface area contributed by atoms with Crippen molar-refractivity contribution in [3.8, 4) is 0 Å². The molecule has 5 nitrogen and oxygen atoms in total. The van der Waals surface area contributed by atoms with Gasteiger partial charge in [-0.1, -0.05) is 42.5 Å². The summed E-state index contributed by atoms with van der Waals surface area (Å²) >= 11 is 0. The first-order valence-electron chi connectivity index (χ1n) is 9.83. The van der Waals surface area contributed by atoms with Gasteiger partial charge in [-0.2, -0.15) is 0 Å². The molecule has 2 aromatic rings. The Morgan fingerprint density at radius 2 is 1.81 bits per heavy atom. The normalized spacial score (nSPS) is 16.5. The highest BCUT2D eigenvalue weighted by Gasteiger charge is 2.28. The van der Waals surface area contributed by atoms with E-state index in [0.717, 1.165) is 51.8 Å². The third kappa shape index (κ3) is 5.44. The van der Waals surface area contributed by atoms with Gasteiger partial charge in [-0.3, -0.25) is 9.89 Å². The summed E-state index contributed by atoms with van der Waals surface area (Å²) in [6.07, 6.45) is 0.971. The van der Waals surface area contributed by atoms with Crippen LogP contribution in [0.2, 0.25) is 0 Å². The number of hydrogen-bond acceptors (Lipinski definition) is 3. The highest BCUT2D eigenvalue weighted by molar-refractivity contribution is 5.83. The summed E-state index contributed by atoms with van der Waals surface area (Å²) in [5.74, 6) is 0.858. The van der Waals surface area contributed by atoms with E-state index in [1.807, 2.05) is 7.05 Å². The number of benzene rings is 2. The standard InChI is InChI=1S/C22H32N4O/c1-22(2,26-12-14-27-15-13-26)17-25-21(23-3)24-11-10-18-8-9-19-6-4-5-7-20(19)16-18/h4-9,16H,10-15,17H2,1-3H3,(H2,23,24,25). The van der Waals surface area contributed by atoms with Gasteiger partial charge in [0.2, 0.25) is 0 Å². The van der Waals surface area contributed by atoms with Gasteiger partial charge in [0.1, 0.15) is 0 Å². The van der Waals surface area contributed by atoms with Gasteiger partial charge in [0.25, 0.3) is 0 Å². The minimum atomic E-state index is 0.0692. The lowest BCUT2D eigenvalue weighted by atomic mass is 10.0. The van der Waals surface area contributed by atoms with Crippen molar-refractivity contribution >= 4 is 16.7 Å². The zero-order valence-corrected chi connectivity index (χ0v) is 16.8. The number of guanidine groups is 1. The zero-order valence-electron chi connectivity index (χ0n) is 16.8. The Bertz CT molecular complexity index is 766. The Hall–Kier alpha value is -2.11. The number of nitrogens with zero attached hydrogens (tertiary/aromatic N) is 2. The number of aliphatic imine (C=N–C) groups is 1. The molecule has 2 N–H and O–H groups in total. The highest BCUT2D eigenvalue weighted by Crippen LogP contribution is 2.16. The lowest BCUT2D eigenvalue weighted by Crippen LogP contribution is -2.56. The van der Waals surface area contributed by atoms with Crippen molar-refractivity contribution in [1.82, 2.24) is 15.5 Å². The minimum Gasteiger partial charge on any atom is -0.379 e. The van der Waals surface area contributed by atoms with E-state index in [9.17, 15) is 0 Å². The van der Waals surface area contributed by atoms with Crippen LogP contribution in [0, 0.1) is 0 Å². The smallest absolute Gasteiger partial charge is 0.191 e. The molecule has 0 bridgehead atoms. The summed E-state index contributed by atoms with van der Waals surface area (Å²) in [5, 5.41) is 9.50. The molecule has 0 aliphatic carbocycles. The second kappa shape index (κ2) is 9.20. The van der Waals surface area contributed by atoms with Gasteiger partial charge in [-0.15, -0.1) is 0 Å². The molecule has 0 atom stereocenters. The fourth-order valence-electron chi connectivity index (χ4n) is 3.52. The second-order valence-corrected chi connectivity index (χ2v) is 7.70. The Morgan fingerprint density at radius 1 is 1.07 bits per heavy atom. The van der Waals surface area contributed by atoms with Crippen molar-refractivity contribution in [2.75, 3.05) is 46.4 Å². The van der Waals surface area contributed by atoms with Gasteiger partial charge in [-0.25, -0.2) is 0 Å². The average molecular weight is 369 g/mol. The SMILES string of the molecule is CN=C(NCCc1ccc2ccccc2c1)NCC(C)(C)N1CCOCC1. The minimum absolute atomic E-state index is 0.0692. The molecule has 0 amide bonds. The zero-order chi connectivity index (χ0) is 19.1. The van der Waals surface area contributed by atoms with Crippen LogP contribution in [-0.4, -0.2) is 62.8 Å². The van der Waals surface area contributed by atoms with E-state index in [-0.39, 0.29) is 5.54 Å². The maximum absolute atomic E-state index is 5.47. The Morgan fingerprint density at radius 3 is 2.56 bits per heavy atom. The summed E-state index contributed by atoms with van der Waals surface area (Å²) in [6, 6.07) is 15.2. The van der Waals surface area contributed by atoms with Gasteiger partial charge in [0.15, 0.2) is 5.96 Å². The van der Waals surface area contributed by atoms with Crippen LogP contribution in [0.25, 0.3) is 10.8 Å².